The summed E-state index contributed by atoms with van der Waals surface area (Å²) in [5.41, 5.74) is 3.60. The predicted molar refractivity (Wildman–Crippen MR) is 109 cm³/mol. The van der Waals surface area contributed by atoms with Crippen LogP contribution in [-0.2, 0) is 34.1 Å². The summed E-state index contributed by atoms with van der Waals surface area (Å²) in [5.74, 6) is 0.258. The minimum Gasteiger partial charge on any atom is -0.489 e. The number of amides is 2. The molecule has 2 aromatic carbocycles. The minimum atomic E-state index is -0.411. The zero-order valence-electron chi connectivity index (χ0n) is 16.6. The fraction of sp³-hybridized carbons (Fsp3) is 0.348. The first-order chi connectivity index (χ1) is 14.6. The van der Waals surface area contributed by atoms with E-state index in [1.807, 2.05) is 35.2 Å². The second-order valence-corrected chi connectivity index (χ2v) is 7.59. The van der Waals surface area contributed by atoms with Gasteiger partial charge in [-0.3, -0.25) is 24.6 Å². The molecule has 4 rings (SSSR count). The Bertz CT molecular complexity index is 941. The summed E-state index contributed by atoms with van der Waals surface area (Å²) in [6, 6.07) is 12.7. The molecule has 1 atom stereocenters. The van der Waals surface area contributed by atoms with E-state index < -0.39 is 6.04 Å². The van der Waals surface area contributed by atoms with Gasteiger partial charge in [0.05, 0.1) is 12.6 Å². The molecular formula is C23H24N2O5. The smallest absolute Gasteiger partial charge is 0.243 e. The van der Waals surface area contributed by atoms with Gasteiger partial charge in [-0.1, -0.05) is 36.4 Å². The fourth-order valence-electron chi connectivity index (χ4n) is 3.85. The maximum absolute atomic E-state index is 12.5. The number of hydrogen-bond acceptors (Lipinski definition) is 6. The number of ether oxygens (including phenoxy) is 2. The summed E-state index contributed by atoms with van der Waals surface area (Å²) >= 11 is 0. The average molecular weight is 408 g/mol. The van der Waals surface area contributed by atoms with Gasteiger partial charge in [-0.2, -0.15) is 0 Å². The molecule has 2 aliphatic rings. The van der Waals surface area contributed by atoms with E-state index in [4.69, 9.17) is 9.47 Å². The lowest BCUT2D eigenvalue weighted by atomic mass is 10.0. The van der Waals surface area contributed by atoms with Crippen molar-refractivity contribution >= 4 is 18.1 Å². The van der Waals surface area contributed by atoms with E-state index >= 15 is 0 Å². The third-order valence-corrected chi connectivity index (χ3v) is 5.50. The Morgan fingerprint density at radius 1 is 1.17 bits per heavy atom. The van der Waals surface area contributed by atoms with Crippen molar-refractivity contribution in [1.82, 2.24) is 10.2 Å². The van der Waals surface area contributed by atoms with Crippen molar-refractivity contribution < 1.29 is 23.9 Å². The molecule has 0 aliphatic carbocycles. The molecule has 0 unspecified atom stereocenters. The van der Waals surface area contributed by atoms with Gasteiger partial charge in [0.1, 0.15) is 25.4 Å². The quantitative estimate of drug-likeness (QED) is 0.605. The van der Waals surface area contributed by atoms with E-state index in [2.05, 4.69) is 5.32 Å². The number of carbonyl (C=O) groups is 3. The van der Waals surface area contributed by atoms with Crippen LogP contribution in [0, 0.1) is 0 Å². The van der Waals surface area contributed by atoms with Crippen molar-refractivity contribution in [3.05, 3.63) is 64.7 Å². The lowest BCUT2D eigenvalue weighted by Gasteiger charge is -2.28. The second-order valence-electron chi connectivity index (χ2n) is 7.59. The third-order valence-electron chi connectivity index (χ3n) is 5.50. The van der Waals surface area contributed by atoms with Gasteiger partial charge in [0.2, 0.25) is 11.8 Å². The van der Waals surface area contributed by atoms with E-state index in [0.717, 1.165) is 28.7 Å². The summed E-state index contributed by atoms with van der Waals surface area (Å²) in [7, 11) is 0. The van der Waals surface area contributed by atoms with Crippen LogP contribution in [0.1, 0.15) is 46.3 Å². The minimum absolute atomic E-state index is 0.219. The molecule has 1 saturated heterocycles. The average Bonchev–Trinajstić information content (AvgIpc) is 3.07. The van der Waals surface area contributed by atoms with Crippen LogP contribution in [0.2, 0.25) is 0 Å². The van der Waals surface area contributed by atoms with Gasteiger partial charge in [-0.25, -0.2) is 0 Å². The summed E-state index contributed by atoms with van der Waals surface area (Å²) in [5, 5.41) is 2.47. The highest BCUT2D eigenvalue weighted by atomic mass is 16.5. The van der Waals surface area contributed by atoms with Crippen molar-refractivity contribution in [1.29, 1.82) is 0 Å². The molecule has 30 heavy (non-hydrogen) atoms. The Hall–Kier alpha value is -3.03. The van der Waals surface area contributed by atoms with Gasteiger partial charge in [0, 0.05) is 24.1 Å². The number of aldehydes is 1. The molecule has 0 radical (unpaired) electrons. The molecule has 2 heterocycles. The standard InChI is InChI=1S/C23H24N2O5/c26-12-16-7-9-17(10-8-16)13-30-21-5-1-3-18-14-29-15-25(11-19(18)21)20-4-2-6-22(27)24-23(20)28/h1,3,5,7-10,12,20H,2,4,6,11,13-15H2,(H,24,27,28)/t20-/m0/s1. The van der Waals surface area contributed by atoms with Gasteiger partial charge in [0.15, 0.2) is 0 Å². The maximum atomic E-state index is 12.5. The Balaban J connectivity index is 1.52. The molecule has 7 heteroatoms. The number of hydrogen-bond donors (Lipinski definition) is 1. The molecule has 2 amide bonds. The molecule has 2 aliphatic heterocycles. The number of fused-ring (bicyclic) bond motifs is 1. The molecule has 156 valence electrons. The summed E-state index contributed by atoms with van der Waals surface area (Å²) in [6.07, 6.45) is 2.46. The topological polar surface area (TPSA) is 84.9 Å². The molecule has 1 fully saturated rings. The van der Waals surface area contributed by atoms with Gasteiger partial charge in [-0.05, 0) is 30.0 Å². The molecule has 0 aromatic heterocycles. The van der Waals surface area contributed by atoms with Crippen LogP contribution in [0.5, 0.6) is 5.75 Å². The van der Waals surface area contributed by atoms with Crippen molar-refractivity contribution in [2.24, 2.45) is 0 Å². The zero-order chi connectivity index (χ0) is 20.9. The lowest BCUT2D eigenvalue weighted by molar-refractivity contribution is -0.134. The molecule has 0 spiro atoms. The van der Waals surface area contributed by atoms with Gasteiger partial charge in [0.25, 0.3) is 0 Å². The highest BCUT2D eigenvalue weighted by molar-refractivity contribution is 5.98. The summed E-state index contributed by atoms with van der Waals surface area (Å²) < 4.78 is 11.9. The number of nitrogens with one attached hydrogen (secondary N) is 1. The normalized spacial score (nSPS) is 19.9. The molecule has 0 saturated carbocycles. The predicted octanol–water partition coefficient (Wildman–Crippen LogP) is 2.56. The van der Waals surface area contributed by atoms with Crippen LogP contribution in [-0.4, -0.2) is 35.8 Å². The van der Waals surface area contributed by atoms with Crippen LogP contribution in [0.15, 0.2) is 42.5 Å². The Morgan fingerprint density at radius 2 is 2.00 bits per heavy atom. The zero-order valence-corrected chi connectivity index (χ0v) is 16.6. The van der Waals surface area contributed by atoms with Crippen molar-refractivity contribution in [2.75, 3.05) is 6.73 Å². The highest BCUT2D eigenvalue weighted by Gasteiger charge is 2.32. The van der Waals surface area contributed by atoms with E-state index in [9.17, 15) is 14.4 Å². The van der Waals surface area contributed by atoms with Crippen LogP contribution in [0.25, 0.3) is 0 Å². The number of benzene rings is 2. The Morgan fingerprint density at radius 3 is 2.80 bits per heavy atom. The molecule has 7 nitrogen and oxygen atoms in total. The van der Waals surface area contributed by atoms with E-state index in [1.165, 1.54) is 0 Å². The maximum Gasteiger partial charge on any atom is 0.243 e. The van der Waals surface area contributed by atoms with E-state index in [1.54, 1.807) is 12.1 Å². The van der Waals surface area contributed by atoms with Crippen LogP contribution >= 0.6 is 0 Å². The summed E-state index contributed by atoms with van der Waals surface area (Å²) in [4.78, 5) is 37.0. The van der Waals surface area contributed by atoms with E-state index in [-0.39, 0.29) is 11.8 Å². The molecule has 1 N–H and O–H groups in total. The van der Waals surface area contributed by atoms with Crippen molar-refractivity contribution in [3.8, 4) is 5.75 Å². The first kappa shape index (κ1) is 20.3. The van der Waals surface area contributed by atoms with Crippen LogP contribution in [0.3, 0.4) is 0 Å². The lowest BCUT2D eigenvalue weighted by Crippen LogP contribution is -2.46. The van der Waals surface area contributed by atoms with Gasteiger partial charge < -0.3 is 9.47 Å². The summed E-state index contributed by atoms with van der Waals surface area (Å²) in [6.45, 7) is 1.62. The highest BCUT2D eigenvalue weighted by Crippen LogP contribution is 2.29. The first-order valence-electron chi connectivity index (χ1n) is 10.1. The second kappa shape index (κ2) is 9.19. The number of rotatable bonds is 5. The van der Waals surface area contributed by atoms with Gasteiger partial charge >= 0.3 is 0 Å². The Kier molecular flexibility index (Phi) is 6.21. The molecule has 2 aromatic rings. The van der Waals surface area contributed by atoms with Crippen molar-refractivity contribution in [3.63, 3.8) is 0 Å². The molecular weight excluding hydrogens is 384 g/mol. The largest absolute Gasteiger partial charge is 0.489 e. The van der Waals surface area contributed by atoms with Crippen molar-refractivity contribution in [2.45, 2.75) is 45.1 Å². The van der Waals surface area contributed by atoms with Gasteiger partial charge in [-0.15, -0.1) is 0 Å². The molecule has 0 bridgehead atoms. The van der Waals surface area contributed by atoms with Crippen LogP contribution < -0.4 is 10.1 Å². The van der Waals surface area contributed by atoms with Crippen LogP contribution in [0.4, 0.5) is 0 Å². The Labute approximate surface area is 175 Å². The monoisotopic (exact) mass is 408 g/mol. The SMILES string of the molecule is O=Cc1ccc(COc2cccc3c2CN([C@H]2CCCC(=O)NC2=O)COC3)cc1. The third kappa shape index (κ3) is 4.58. The number of imide groups is 1. The number of carbonyl (C=O) groups excluding carboxylic acids is 3. The van der Waals surface area contributed by atoms with E-state index in [0.29, 0.717) is 51.3 Å². The number of nitrogens with zero attached hydrogens (tertiary/aromatic N) is 1. The fourth-order valence-corrected chi connectivity index (χ4v) is 3.85. The first-order valence-corrected chi connectivity index (χ1v) is 10.1.